The van der Waals surface area contributed by atoms with Crippen LogP contribution in [0.1, 0.15) is 46.0 Å². The molecule has 0 aromatic carbocycles. The van der Waals surface area contributed by atoms with Gasteiger partial charge < -0.3 is 0 Å². The molecule has 15 heavy (non-hydrogen) atoms. The normalized spacial score (nSPS) is 13.0. The maximum absolute atomic E-state index is 3.59. The van der Waals surface area contributed by atoms with E-state index in [0.29, 0.717) is 0 Å². The molecule has 0 aliphatic carbocycles. The Morgan fingerprint density at radius 2 is 2.20 bits per heavy atom. The van der Waals surface area contributed by atoms with E-state index in [0.717, 1.165) is 5.25 Å². The van der Waals surface area contributed by atoms with Crippen molar-refractivity contribution in [1.82, 2.24) is 0 Å². The van der Waals surface area contributed by atoms with E-state index in [9.17, 15) is 0 Å². The van der Waals surface area contributed by atoms with Crippen LogP contribution in [0.25, 0.3) is 0 Å². The van der Waals surface area contributed by atoms with Gasteiger partial charge in [-0.05, 0) is 33.8 Å². The molecule has 0 radical (unpaired) electrons. The highest BCUT2D eigenvalue weighted by Gasteiger charge is 2.07. The van der Waals surface area contributed by atoms with Gasteiger partial charge in [0.2, 0.25) is 0 Å². The van der Waals surface area contributed by atoms with Crippen LogP contribution in [-0.2, 0) is 0 Å². The second-order valence-electron chi connectivity index (χ2n) is 3.84. The van der Waals surface area contributed by atoms with Gasteiger partial charge in [-0.2, -0.15) is 0 Å². The Kier molecular flexibility index (Phi) is 7.02. The van der Waals surface area contributed by atoms with Crippen molar-refractivity contribution in [2.45, 2.75) is 56.1 Å². The van der Waals surface area contributed by atoms with Gasteiger partial charge in [0.15, 0.2) is 0 Å². The zero-order valence-electron chi connectivity index (χ0n) is 9.46. The average molecular weight is 307 g/mol. The Morgan fingerprint density at radius 3 is 2.80 bits per heavy atom. The van der Waals surface area contributed by atoms with E-state index >= 15 is 0 Å². The van der Waals surface area contributed by atoms with E-state index in [2.05, 4.69) is 41.2 Å². The van der Waals surface area contributed by atoms with Crippen LogP contribution in [0.15, 0.2) is 20.1 Å². The summed E-state index contributed by atoms with van der Waals surface area (Å²) in [6, 6.07) is 2.21. The molecule has 0 saturated heterocycles. The molecule has 1 atom stereocenters. The van der Waals surface area contributed by atoms with Crippen LogP contribution in [0.3, 0.4) is 0 Å². The topological polar surface area (TPSA) is 0 Å². The third-order valence-corrected chi connectivity index (χ3v) is 5.69. The van der Waals surface area contributed by atoms with Gasteiger partial charge in [0.25, 0.3) is 0 Å². The van der Waals surface area contributed by atoms with Crippen LogP contribution in [-0.4, -0.2) is 5.25 Å². The van der Waals surface area contributed by atoms with Crippen molar-refractivity contribution in [1.29, 1.82) is 0 Å². The second-order valence-corrected chi connectivity index (χ2v) is 7.55. The highest BCUT2D eigenvalue weighted by molar-refractivity contribution is 9.11. The van der Waals surface area contributed by atoms with Crippen LogP contribution in [0, 0.1) is 0 Å². The number of thioether (sulfide) groups is 1. The molecule has 0 bridgehead atoms. The van der Waals surface area contributed by atoms with E-state index in [1.165, 1.54) is 40.8 Å². The third kappa shape index (κ3) is 5.41. The van der Waals surface area contributed by atoms with Gasteiger partial charge in [-0.15, -0.1) is 23.1 Å². The summed E-state index contributed by atoms with van der Waals surface area (Å²) in [6.07, 6.45) is 6.83. The summed E-state index contributed by atoms with van der Waals surface area (Å²) in [7, 11) is 0. The van der Waals surface area contributed by atoms with Gasteiger partial charge in [-0.1, -0.05) is 39.5 Å². The second kappa shape index (κ2) is 7.75. The minimum absolute atomic E-state index is 0.743. The van der Waals surface area contributed by atoms with Crippen LogP contribution < -0.4 is 0 Å². The number of hydrogen-bond acceptors (Lipinski definition) is 2. The molecule has 0 spiro atoms. The highest BCUT2D eigenvalue weighted by Crippen LogP contribution is 2.35. The van der Waals surface area contributed by atoms with E-state index in [4.69, 9.17) is 0 Å². The lowest BCUT2D eigenvalue weighted by Gasteiger charge is -2.09. The predicted molar refractivity (Wildman–Crippen MR) is 76.1 cm³/mol. The van der Waals surface area contributed by atoms with Crippen LogP contribution >= 0.6 is 39.0 Å². The molecule has 0 N–H and O–H groups in total. The van der Waals surface area contributed by atoms with Crippen LogP contribution in [0.5, 0.6) is 0 Å². The molecule has 0 fully saturated rings. The van der Waals surface area contributed by atoms with Crippen molar-refractivity contribution < 1.29 is 0 Å². The molecule has 0 aliphatic rings. The largest absolute Gasteiger partial charge is 0.136 e. The molecule has 1 unspecified atom stereocenters. The van der Waals surface area contributed by atoms with Crippen molar-refractivity contribution in [2.24, 2.45) is 0 Å². The Morgan fingerprint density at radius 1 is 1.40 bits per heavy atom. The van der Waals surface area contributed by atoms with Gasteiger partial charge in [0, 0.05) is 10.1 Å². The zero-order valence-corrected chi connectivity index (χ0v) is 12.7. The quantitative estimate of drug-likeness (QED) is 0.442. The van der Waals surface area contributed by atoms with Gasteiger partial charge >= 0.3 is 0 Å². The van der Waals surface area contributed by atoms with E-state index in [1.54, 1.807) is 11.3 Å². The number of unbranched alkanes of at least 4 members (excludes halogenated alkanes) is 3. The maximum Gasteiger partial charge on any atom is 0.0834 e. The molecule has 3 heteroatoms. The monoisotopic (exact) mass is 306 g/mol. The third-order valence-electron chi connectivity index (χ3n) is 2.38. The lowest BCUT2D eigenvalue weighted by Crippen LogP contribution is -1.95. The van der Waals surface area contributed by atoms with E-state index in [1.807, 2.05) is 11.8 Å². The molecule has 1 aromatic heterocycles. The molecule has 0 amide bonds. The van der Waals surface area contributed by atoms with Crippen molar-refractivity contribution in [3.8, 4) is 0 Å². The summed E-state index contributed by atoms with van der Waals surface area (Å²) >= 11 is 7.36. The first-order valence-electron chi connectivity index (χ1n) is 5.63. The average Bonchev–Trinajstić information content (AvgIpc) is 2.59. The molecular formula is C12H19BrS2. The number of rotatable bonds is 7. The molecule has 0 saturated carbocycles. The first-order chi connectivity index (χ1) is 7.24. The Bertz CT molecular complexity index is 270. The van der Waals surface area contributed by atoms with Gasteiger partial charge in [-0.25, -0.2) is 0 Å². The van der Waals surface area contributed by atoms with Gasteiger partial charge in [0.05, 0.1) is 3.79 Å². The van der Waals surface area contributed by atoms with Crippen molar-refractivity contribution in [3.05, 3.63) is 15.2 Å². The van der Waals surface area contributed by atoms with Gasteiger partial charge in [-0.3, -0.25) is 0 Å². The molecule has 0 aliphatic heterocycles. The fourth-order valence-electron chi connectivity index (χ4n) is 1.50. The first kappa shape index (κ1) is 13.6. The van der Waals surface area contributed by atoms with E-state index < -0.39 is 0 Å². The summed E-state index contributed by atoms with van der Waals surface area (Å²) in [6.45, 7) is 4.60. The van der Waals surface area contributed by atoms with Crippen LogP contribution in [0.4, 0.5) is 0 Å². The fraction of sp³-hybridized carbons (Fsp3) is 0.667. The molecule has 1 rings (SSSR count). The van der Waals surface area contributed by atoms with Crippen molar-refractivity contribution >= 4 is 39.0 Å². The SMILES string of the molecule is CCCCCCC(C)Sc1ccsc1Br. The minimum Gasteiger partial charge on any atom is -0.136 e. The zero-order chi connectivity index (χ0) is 11.1. The van der Waals surface area contributed by atoms with Crippen LogP contribution in [0.2, 0.25) is 0 Å². The summed E-state index contributed by atoms with van der Waals surface area (Å²) in [5.74, 6) is 0. The van der Waals surface area contributed by atoms with Crippen molar-refractivity contribution in [2.75, 3.05) is 0 Å². The Balaban J connectivity index is 2.18. The number of hydrogen-bond donors (Lipinski definition) is 0. The molecule has 1 heterocycles. The Hall–Kier alpha value is 0.530. The lowest BCUT2D eigenvalue weighted by atomic mass is 10.1. The molecule has 0 nitrogen and oxygen atoms in total. The Labute approximate surface area is 110 Å². The standard InChI is InChI=1S/C12H19BrS2/c1-3-4-5-6-7-10(2)15-11-8-9-14-12(11)13/h8-10H,3-7H2,1-2H3. The first-order valence-corrected chi connectivity index (χ1v) is 8.19. The molecular weight excluding hydrogens is 288 g/mol. The summed E-state index contributed by atoms with van der Waals surface area (Å²) in [5, 5.41) is 2.89. The highest BCUT2D eigenvalue weighted by atomic mass is 79.9. The molecule has 86 valence electrons. The van der Waals surface area contributed by atoms with E-state index in [-0.39, 0.29) is 0 Å². The smallest absolute Gasteiger partial charge is 0.0834 e. The fourth-order valence-corrected chi connectivity index (χ4v) is 4.08. The summed E-state index contributed by atoms with van der Waals surface area (Å²) < 4.78 is 1.29. The number of thiophene rings is 1. The van der Waals surface area contributed by atoms with Gasteiger partial charge in [0.1, 0.15) is 0 Å². The summed E-state index contributed by atoms with van der Waals surface area (Å²) in [5.41, 5.74) is 0. The lowest BCUT2D eigenvalue weighted by molar-refractivity contribution is 0.630. The predicted octanol–water partition coefficient (Wildman–Crippen LogP) is 5.96. The number of halogens is 1. The maximum atomic E-state index is 3.59. The summed E-state index contributed by atoms with van der Waals surface area (Å²) in [4.78, 5) is 1.41. The van der Waals surface area contributed by atoms with Crippen molar-refractivity contribution in [3.63, 3.8) is 0 Å². The minimum atomic E-state index is 0.743. The molecule has 1 aromatic rings.